The van der Waals surface area contributed by atoms with Crippen LogP contribution in [0, 0.1) is 5.92 Å². The summed E-state index contributed by atoms with van der Waals surface area (Å²) < 4.78 is 10.5. The van der Waals surface area contributed by atoms with Crippen molar-refractivity contribution in [3.05, 3.63) is 23.8 Å². The zero-order valence-corrected chi connectivity index (χ0v) is 11.0. The van der Waals surface area contributed by atoms with Crippen LogP contribution in [0.1, 0.15) is 23.7 Å². The zero-order valence-electron chi connectivity index (χ0n) is 11.0. The number of fused-ring (bicyclic) bond motifs is 1. The second-order valence-corrected chi connectivity index (χ2v) is 5.23. The van der Waals surface area contributed by atoms with Crippen molar-refractivity contribution in [2.75, 3.05) is 19.9 Å². The topological polar surface area (TPSA) is 64.8 Å². The second-order valence-electron chi connectivity index (χ2n) is 5.23. The number of likely N-dealkylation sites (tertiary alicyclic amines) is 1. The van der Waals surface area contributed by atoms with E-state index in [1.165, 1.54) is 0 Å². The molecule has 1 amide bonds. The number of hydrogen-bond donors (Lipinski definition) is 1. The van der Waals surface area contributed by atoms with Gasteiger partial charge < -0.3 is 20.1 Å². The van der Waals surface area contributed by atoms with Gasteiger partial charge in [-0.05, 0) is 37.5 Å². The Hall–Kier alpha value is -1.75. The van der Waals surface area contributed by atoms with Crippen LogP contribution in [0.15, 0.2) is 18.2 Å². The highest BCUT2D eigenvalue weighted by molar-refractivity contribution is 5.95. The average molecular weight is 262 g/mol. The molecule has 0 spiro atoms. The Bertz CT molecular complexity index is 501. The molecule has 2 unspecified atom stereocenters. The van der Waals surface area contributed by atoms with Gasteiger partial charge in [-0.15, -0.1) is 0 Å². The van der Waals surface area contributed by atoms with Crippen LogP contribution in [0.3, 0.4) is 0 Å². The molecule has 1 aromatic carbocycles. The second kappa shape index (κ2) is 4.74. The van der Waals surface area contributed by atoms with Crippen LogP contribution in [0.4, 0.5) is 0 Å². The minimum absolute atomic E-state index is 0.0430. The van der Waals surface area contributed by atoms with Crippen LogP contribution in [-0.4, -0.2) is 36.7 Å². The molecular formula is C14H18N2O3. The first-order chi connectivity index (χ1) is 9.15. The normalized spacial score (nSPS) is 22.6. The van der Waals surface area contributed by atoms with Gasteiger partial charge >= 0.3 is 0 Å². The predicted molar refractivity (Wildman–Crippen MR) is 70.2 cm³/mol. The Labute approximate surface area is 112 Å². The molecule has 0 bridgehead atoms. The third kappa shape index (κ3) is 2.26. The molecule has 0 aliphatic carbocycles. The van der Waals surface area contributed by atoms with E-state index in [2.05, 4.69) is 0 Å². The van der Waals surface area contributed by atoms with E-state index in [1.54, 1.807) is 18.2 Å². The smallest absolute Gasteiger partial charge is 0.254 e. The molecule has 1 aromatic rings. The van der Waals surface area contributed by atoms with E-state index in [0.29, 0.717) is 23.0 Å². The van der Waals surface area contributed by atoms with Crippen molar-refractivity contribution in [1.29, 1.82) is 0 Å². The molecule has 0 aromatic heterocycles. The molecule has 5 nitrogen and oxygen atoms in total. The molecule has 1 saturated heterocycles. The molecule has 2 N–H and O–H groups in total. The maximum atomic E-state index is 12.4. The number of benzene rings is 1. The maximum absolute atomic E-state index is 12.4. The zero-order chi connectivity index (χ0) is 13.4. The fraction of sp³-hybridized carbons (Fsp3) is 0.500. The lowest BCUT2D eigenvalue weighted by atomic mass is 10.0. The van der Waals surface area contributed by atoms with Crippen LogP contribution in [0.2, 0.25) is 0 Å². The lowest BCUT2D eigenvalue weighted by Gasteiger charge is -2.18. The SMILES string of the molecule is CC(N)C1CCN(C(=O)c2ccc3c(c2)OCO3)C1. The summed E-state index contributed by atoms with van der Waals surface area (Å²) in [7, 11) is 0. The fourth-order valence-corrected chi connectivity index (χ4v) is 2.61. The van der Waals surface area contributed by atoms with Crippen molar-refractivity contribution in [2.24, 2.45) is 11.7 Å². The summed E-state index contributed by atoms with van der Waals surface area (Å²) in [4.78, 5) is 14.3. The molecule has 2 aliphatic heterocycles. The first-order valence-corrected chi connectivity index (χ1v) is 6.59. The number of carbonyl (C=O) groups is 1. The first kappa shape index (κ1) is 12.3. The number of rotatable bonds is 2. The van der Waals surface area contributed by atoms with E-state index in [-0.39, 0.29) is 18.7 Å². The van der Waals surface area contributed by atoms with Gasteiger partial charge in [0.25, 0.3) is 5.91 Å². The van der Waals surface area contributed by atoms with Gasteiger partial charge in [-0.25, -0.2) is 0 Å². The van der Waals surface area contributed by atoms with Crippen LogP contribution in [0.25, 0.3) is 0 Å². The lowest BCUT2D eigenvalue weighted by molar-refractivity contribution is 0.0785. The molecule has 1 fully saturated rings. The number of nitrogens with two attached hydrogens (primary N) is 1. The minimum Gasteiger partial charge on any atom is -0.454 e. The number of ether oxygens (including phenoxy) is 2. The third-order valence-electron chi connectivity index (χ3n) is 3.88. The minimum atomic E-state index is 0.0430. The molecule has 5 heteroatoms. The van der Waals surface area contributed by atoms with E-state index >= 15 is 0 Å². The molecule has 0 radical (unpaired) electrons. The van der Waals surface area contributed by atoms with E-state index in [0.717, 1.165) is 19.5 Å². The highest BCUT2D eigenvalue weighted by atomic mass is 16.7. The standard InChI is InChI=1S/C14H18N2O3/c1-9(15)11-4-5-16(7-11)14(17)10-2-3-12-13(6-10)19-8-18-12/h2-3,6,9,11H,4-5,7-8,15H2,1H3. The Morgan fingerprint density at radius 2 is 2.21 bits per heavy atom. The van der Waals surface area contributed by atoms with Crippen molar-refractivity contribution in [3.8, 4) is 11.5 Å². The van der Waals surface area contributed by atoms with E-state index in [4.69, 9.17) is 15.2 Å². The van der Waals surface area contributed by atoms with E-state index in [1.807, 2.05) is 11.8 Å². The molecule has 2 aliphatic rings. The van der Waals surface area contributed by atoms with Gasteiger partial charge in [0.15, 0.2) is 11.5 Å². The summed E-state index contributed by atoms with van der Waals surface area (Å²) in [6, 6.07) is 5.46. The number of carbonyl (C=O) groups excluding carboxylic acids is 1. The van der Waals surface area contributed by atoms with Crippen LogP contribution in [0.5, 0.6) is 11.5 Å². The largest absolute Gasteiger partial charge is 0.454 e. The predicted octanol–water partition coefficient (Wildman–Crippen LogP) is 1.22. The van der Waals surface area contributed by atoms with Gasteiger partial charge in [0.1, 0.15) is 0 Å². The average Bonchev–Trinajstić information content (AvgIpc) is 3.06. The lowest BCUT2D eigenvalue weighted by Crippen LogP contribution is -2.32. The third-order valence-corrected chi connectivity index (χ3v) is 3.88. The Balaban J connectivity index is 1.74. The van der Waals surface area contributed by atoms with Crippen molar-refractivity contribution in [3.63, 3.8) is 0 Å². The van der Waals surface area contributed by atoms with Gasteiger partial charge in [-0.3, -0.25) is 4.79 Å². The molecule has 0 saturated carbocycles. The highest BCUT2D eigenvalue weighted by Crippen LogP contribution is 2.33. The Morgan fingerprint density at radius 3 is 2.95 bits per heavy atom. The molecule has 19 heavy (non-hydrogen) atoms. The molecular weight excluding hydrogens is 244 g/mol. The van der Waals surface area contributed by atoms with E-state index < -0.39 is 0 Å². The fourth-order valence-electron chi connectivity index (χ4n) is 2.61. The monoisotopic (exact) mass is 262 g/mol. The van der Waals surface area contributed by atoms with Crippen molar-refractivity contribution in [1.82, 2.24) is 4.90 Å². The van der Waals surface area contributed by atoms with Crippen LogP contribution in [-0.2, 0) is 0 Å². The van der Waals surface area contributed by atoms with Gasteiger partial charge in [-0.1, -0.05) is 0 Å². The maximum Gasteiger partial charge on any atom is 0.254 e. The Morgan fingerprint density at radius 1 is 1.42 bits per heavy atom. The van der Waals surface area contributed by atoms with Gasteiger partial charge in [0.05, 0.1) is 0 Å². The highest BCUT2D eigenvalue weighted by Gasteiger charge is 2.29. The summed E-state index contributed by atoms with van der Waals surface area (Å²) in [5.41, 5.74) is 6.55. The van der Waals surface area contributed by atoms with Gasteiger partial charge in [0.2, 0.25) is 6.79 Å². The van der Waals surface area contributed by atoms with Crippen molar-refractivity contribution >= 4 is 5.91 Å². The Kier molecular flexibility index (Phi) is 3.06. The van der Waals surface area contributed by atoms with Crippen LogP contribution >= 0.6 is 0 Å². The molecule has 2 atom stereocenters. The van der Waals surface area contributed by atoms with Crippen LogP contribution < -0.4 is 15.2 Å². The summed E-state index contributed by atoms with van der Waals surface area (Å²) in [6.07, 6.45) is 0.980. The molecule has 2 heterocycles. The number of amides is 1. The molecule has 102 valence electrons. The number of nitrogens with zero attached hydrogens (tertiary/aromatic N) is 1. The first-order valence-electron chi connectivity index (χ1n) is 6.59. The quantitative estimate of drug-likeness (QED) is 0.870. The van der Waals surface area contributed by atoms with E-state index in [9.17, 15) is 4.79 Å². The molecule has 3 rings (SSSR count). The van der Waals surface area contributed by atoms with Gasteiger partial charge in [-0.2, -0.15) is 0 Å². The summed E-state index contributed by atoms with van der Waals surface area (Å²) in [5, 5.41) is 0. The summed E-state index contributed by atoms with van der Waals surface area (Å²) in [6.45, 7) is 3.74. The van der Waals surface area contributed by atoms with Gasteiger partial charge in [0, 0.05) is 24.7 Å². The number of hydrogen-bond acceptors (Lipinski definition) is 4. The summed E-state index contributed by atoms with van der Waals surface area (Å²) >= 11 is 0. The van der Waals surface area contributed by atoms with Crippen molar-refractivity contribution < 1.29 is 14.3 Å². The summed E-state index contributed by atoms with van der Waals surface area (Å²) in [5.74, 6) is 1.79. The van der Waals surface area contributed by atoms with Crippen molar-refractivity contribution in [2.45, 2.75) is 19.4 Å².